The van der Waals surface area contributed by atoms with Crippen LogP contribution >= 0.6 is 0 Å². The van der Waals surface area contributed by atoms with Gasteiger partial charge >= 0.3 is 0 Å². The zero-order chi connectivity index (χ0) is 14.4. The number of ether oxygens (including phenoxy) is 2. The Balaban J connectivity index is 1.84. The first-order valence-electron chi connectivity index (χ1n) is 6.83. The average molecular weight is 276 g/mol. The van der Waals surface area contributed by atoms with Gasteiger partial charge in [0.05, 0.1) is 32.4 Å². The van der Waals surface area contributed by atoms with Crippen LogP contribution < -0.4 is 14.8 Å². The summed E-state index contributed by atoms with van der Waals surface area (Å²) in [6, 6.07) is 7.92. The minimum atomic E-state index is -0.162. The molecule has 0 aromatic heterocycles. The Morgan fingerprint density at radius 3 is 2.85 bits per heavy atom. The summed E-state index contributed by atoms with van der Waals surface area (Å²) in [4.78, 5) is 0. The molecule has 1 aliphatic carbocycles. The lowest BCUT2D eigenvalue weighted by molar-refractivity contribution is 0.272. The van der Waals surface area contributed by atoms with E-state index in [0.717, 1.165) is 18.4 Å². The number of hydrogen-bond donors (Lipinski definition) is 2. The second kappa shape index (κ2) is 7.13. The zero-order valence-corrected chi connectivity index (χ0v) is 11.6. The van der Waals surface area contributed by atoms with Gasteiger partial charge in [-0.05, 0) is 30.5 Å². The highest BCUT2D eigenvalue weighted by molar-refractivity contribution is 5.42. The van der Waals surface area contributed by atoms with Crippen LogP contribution in [0.25, 0.3) is 0 Å². The summed E-state index contributed by atoms with van der Waals surface area (Å²) in [7, 11) is 1.57. The molecule has 20 heavy (non-hydrogen) atoms. The number of nitrogens with zero attached hydrogens (tertiary/aromatic N) is 1. The summed E-state index contributed by atoms with van der Waals surface area (Å²) in [5.41, 5.74) is 0.777. The number of aliphatic hydroxyl groups excluding tert-OH is 1. The quantitative estimate of drug-likeness (QED) is 0.754. The van der Waals surface area contributed by atoms with E-state index in [4.69, 9.17) is 19.8 Å². The second-order valence-electron chi connectivity index (χ2n) is 4.90. The van der Waals surface area contributed by atoms with Crippen molar-refractivity contribution in [3.05, 3.63) is 23.8 Å². The van der Waals surface area contributed by atoms with Gasteiger partial charge in [-0.25, -0.2) is 0 Å². The van der Waals surface area contributed by atoms with Crippen molar-refractivity contribution < 1.29 is 14.6 Å². The Kier molecular flexibility index (Phi) is 5.22. The number of nitrogens with one attached hydrogen (secondary N) is 1. The molecule has 0 radical (unpaired) electrons. The molecular formula is C15H20N2O3. The molecule has 0 amide bonds. The molecule has 1 aromatic rings. The molecule has 108 valence electrons. The van der Waals surface area contributed by atoms with Crippen molar-refractivity contribution in [2.45, 2.75) is 38.0 Å². The van der Waals surface area contributed by atoms with Crippen LogP contribution in [-0.4, -0.2) is 30.9 Å². The smallest absolute Gasteiger partial charge is 0.161 e. The van der Waals surface area contributed by atoms with E-state index in [1.165, 1.54) is 0 Å². The van der Waals surface area contributed by atoms with E-state index in [9.17, 15) is 0 Å². The molecule has 1 saturated carbocycles. The number of methoxy groups -OCH3 is 1. The molecule has 5 heteroatoms. The van der Waals surface area contributed by atoms with Gasteiger partial charge in [-0.2, -0.15) is 5.26 Å². The molecule has 1 aliphatic rings. The molecule has 5 nitrogen and oxygen atoms in total. The Hall–Kier alpha value is -1.77. The lowest BCUT2D eigenvalue weighted by Crippen LogP contribution is -2.31. The number of aliphatic hydroxyl groups is 1. The molecule has 1 fully saturated rings. The Bertz CT molecular complexity index is 480. The molecule has 2 N–H and O–H groups in total. The van der Waals surface area contributed by atoms with E-state index in [-0.39, 0.29) is 12.6 Å². The zero-order valence-electron chi connectivity index (χ0n) is 11.6. The molecule has 1 atom stereocenters. The molecule has 1 unspecified atom stereocenters. The molecule has 0 spiro atoms. The predicted octanol–water partition coefficient (Wildman–Crippen LogP) is 1.60. The van der Waals surface area contributed by atoms with Gasteiger partial charge in [-0.15, -0.1) is 0 Å². The fourth-order valence-corrected chi connectivity index (χ4v) is 1.94. The van der Waals surface area contributed by atoms with Crippen LogP contribution in [0.15, 0.2) is 18.2 Å². The third kappa shape index (κ3) is 4.12. The predicted molar refractivity (Wildman–Crippen MR) is 74.6 cm³/mol. The van der Waals surface area contributed by atoms with Crippen molar-refractivity contribution in [3.63, 3.8) is 0 Å². The fourth-order valence-electron chi connectivity index (χ4n) is 1.94. The van der Waals surface area contributed by atoms with Crippen molar-refractivity contribution >= 4 is 0 Å². The minimum Gasteiger partial charge on any atom is -0.493 e. The first-order valence-corrected chi connectivity index (χ1v) is 6.83. The van der Waals surface area contributed by atoms with E-state index < -0.39 is 0 Å². The van der Waals surface area contributed by atoms with E-state index in [0.29, 0.717) is 30.6 Å². The molecule has 0 heterocycles. The number of benzene rings is 1. The standard InChI is InChI=1S/C15H20N2O3/c1-19-15-8-11(10-18)2-5-14(15)20-7-6-13(9-16)17-12-3-4-12/h2,5,8,12-13,17-18H,3-4,6-7,10H2,1H3. The third-order valence-corrected chi connectivity index (χ3v) is 3.24. The summed E-state index contributed by atoms with van der Waals surface area (Å²) in [5, 5.41) is 21.4. The normalized spacial score (nSPS) is 15.4. The first kappa shape index (κ1) is 14.6. The lowest BCUT2D eigenvalue weighted by Gasteiger charge is -2.14. The maximum atomic E-state index is 9.08. The average Bonchev–Trinajstić information content (AvgIpc) is 3.30. The van der Waals surface area contributed by atoms with Gasteiger partial charge in [-0.1, -0.05) is 6.07 Å². The topological polar surface area (TPSA) is 74.5 Å². The van der Waals surface area contributed by atoms with Gasteiger partial charge in [0.2, 0.25) is 0 Å². The lowest BCUT2D eigenvalue weighted by atomic mass is 10.2. The maximum Gasteiger partial charge on any atom is 0.161 e. The third-order valence-electron chi connectivity index (χ3n) is 3.24. The van der Waals surface area contributed by atoms with Crippen LogP contribution in [0.5, 0.6) is 11.5 Å². The monoisotopic (exact) mass is 276 g/mol. The van der Waals surface area contributed by atoms with E-state index in [1.54, 1.807) is 25.3 Å². The molecule has 0 aliphatic heterocycles. The van der Waals surface area contributed by atoms with E-state index in [2.05, 4.69) is 11.4 Å². The van der Waals surface area contributed by atoms with Crippen molar-refractivity contribution in [1.29, 1.82) is 5.26 Å². The Morgan fingerprint density at radius 1 is 1.45 bits per heavy atom. The van der Waals surface area contributed by atoms with Crippen LogP contribution in [0.2, 0.25) is 0 Å². The van der Waals surface area contributed by atoms with Gasteiger partial charge in [0.25, 0.3) is 0 Å². The summed E-state index contributed by atoms with van der Waals surface area (Å²) in [6.07, 6.45) is 2.96. The van der Waals surface area contributed by atoms with Gasteiger partial charge in [-0.3, -0.25) is 5.32 Å². The van der Waals surface area contributed by atoms with Crippen molar-refractivity contribution in [2.75, 3.05) is 13.7 Å². The van der Waals surface area contributed by atoms with Crippen LogP contribution in [0, 0.1) is 11.3 Å². The Labute approximate surface area is 119 Å². The van der Waals surface area contributed by atoms with Gasteiger partial charge in [0.15, 0.2) is 11.5 Å². The highest BCUT2D eigenvalue weighted by atomic mass is 16.5. The molecule has 1 aromatic carbocycles. The summed E-state index contributed by atoms with van der Waals surface area (Å²) in [5.74, 6) is 1.23. The van der Waals surface area contributed by atoms with Crippen LogP contribution in [-0.2, 0) is 6.61 Å². The van der Waals surface area contributed by atoms with Crippen LogP contribution in [0.3, 0.4) is 0 Å². The Morgan fingerprint density at radius 2 is 2.25 bits per heavy atom. The molecule has 0 saturated heterocycles. The first-order chi connectivity index (χ1) is 9.76. The number of rotatable bonds is 8. The number of nitriles is 1. The second-order valence-corrected chi connectivity index (χ2v) is 4.90. The van der Waals surface area contributed by atoms with Crippen LogP contribution in [0.4, 0.5) is 0 Å². The molecule has 2 rings (SSSR count). The van der Waals surface area contributed by atoms with Crippen molar-refractivity contribution in [1.82, 2.24) is 5.32 Å². The summed E-state index contributed by atoms with van der Waals surface area (Å²) >= 11 is 0. The highest BCUT2D eigenvalue weighted by Gasteiger charge is 2.24. The largest absolute Gasteiger partial charge is 0.493 e. The van der Waals surface area contributed by atoms with Crippen molar-refractivity contribution in [2.24, 2.45) is 0 Å². The van der Waals surface area contributed by atoms with Gasteiger partial charge < -0.3 is 14.6 Å². The fraction of sp³-hybridized carbons (Fsp3) is 0.533. The minimum absolute atomic E-state index is 0.0293. The highest BCUT2D eigenvalue weighted by Crippen LogP contribution is 2.28. The van der Waals surface area contributed by atoms with Crippen molar-refractivity contribution in [3.8, 4) is 17.6 Å². The number of hydrogen-bond acceptors (Lipinski definition) is 5. The SMILES string of the molecule is COc1cc(CO)ccc1OCCC(C#N)NC1CC1. The maximum absolute atomic E-state index is 9.08. The van der Waals surface area contributed by atoms with Gasteiger partial charge in [0, 0.05) is 12.5 Å². The molecule has 0 bridgehead atoms. The summed E-state index contributed by atoms with van der Waals surface area (Å²) in [6.45, 7) is 0.422. The van der Waals surface area contributed by atoms with E-state index >= 15 is 0 Å². The van der Waals surface area contributed by atoms with Crippen LogP contribution in [0.1, 0.15) is 24.8 Å². The van der Waals surface area contributed by atoms with Gasteiger partial charge in [0.1, 0.15) is 0 Å². The molecular weight excluding hydrogens is 256 g/mol. The summed E-state index contributed by atoms with van der Waals surface area (Å²) < 4.78 is 10.9. The van der Waals surface area contributed by atoms with E-state index in [1.807, 2.05) is 0 Å².